The Morgan fingerprint density at radius 1 is 1.60 bits per heavy atom. The predicted molar refractivity (Wildman–Crippen MR) is 41.5 cm³/mol. The van der Waals surface area contributed by atoms with Crippen molar-refractivity contribution in [3.63, 3.8) is 0 Å². The van der Waals surface area contributed by atoms with Gasteiger partial charge in [-0.15, -0.1) is 0 Å². The van der Waals surface area contributed by atoms with Gasteiger partial charge in [0.05, 0.1) is 0 Å². The van der Waals surface area contributed by atoms with E-state index in [4.69, 9.17) is 5.41 Å². The van der Waals surface area contributed by atoms with E-state index < -0.39 is 0 Å². The van der Waals surface area contributed by atoms with Crippen LogP contribution in [0, 0.1) is 12.3 Å². The van der Waals surface area contributed by atoms with Gasteiger partial charge < -0.3 is 5.41 Å². The van der Waals surface area contributed by atoms with Crippen LogP contribution in [0.15, 0.2) is 18.5 Å². The first-order chi connectivity index (χ1) is 4.72. The van der Waals surface area contributed by atoms with Crippen LogP contribution in [0.1, 0.15) is 18.1 Å². The van der Waals surface area contributed by atoms with Gasteiger partial charge in [0.1, 0.15) is 0 Å². The Labute approximate surface area is 60.4 Å². The van der Waals surface area contributed by atoms with Gasteiger partial charge in [0.25, 0.3) is 0 Å². The predicted octanol–water partition coefficient (Wildman–Crippen LogP) is 1.78. The molecule has 0 radical (unpaired) electrons. The fraction of sp³-hybridized carbons (Fsp3) is 0.250. The summed E-state index contributed by atoms with van der Waals surface area (Å²) in [6, 6.07) is 1.86. The molecule has 0 bridgehead atoms. The fourth-order valence-corrected chi connectivity index (χ4v) is 0.894. The van der Waals surface area contributed by atoms with Crippen LogP contribution in [-0.4, -0.2) is 10.7 Å². The molecule has 0 saturated carbocycles. The van der Waals surface area contributed by atoms with Crippen LogP contribution < -0.4 is 0 Å². The molecule has 0 saturated heterocycles. The zero-order valence-electron chi connectivity index (χ0n) is 6.18. The quantitative estimate of drug-likeness (QED) is 0.584. The Balaban J connectivity index is 3.15. The first-order valence-electron chi connectivity index (χ1n) is 3.18. The Hall–Kier alpha value is -1.18. The van der Waals surface area contributed by atoms with Crippen molar-refractivity contribution >= 4 is 5.71 Å². The van der Waals surface area contributed by atoms with E-state index in [1.165, 1.54) is 0 Å². The second kappa shape index (κ2) is 2.60. The zero-order chi connectivity index (χ0) is 7.56. The largest absolute Gasteiger partial charge is 0.305 e. The summed E-state index contributed by atoms with van der Waals surface area (Å²) in [5.41, 5.74) is 2.64. The second-order valence-electron chi connectivity index (χ2n) is 2.32. The first kappa shape index (κ1) is 6.93. The topological polar surface area (TPSA) is 36.7 Å². The lowest BCUT2D eigenvalue weighted by Gasteiger charge is -1.99. The highest BCUT2D eigenvalue weighted by atomic mass is 14.6. The number of hydrogen-bond acceptors (Lipinski definition) is 2. The third-order valence-electron chi connectivity index (χ3n) is 1.42. The van der Waals surface area contributed by atoms with Gasteiger partial charge in [-0.2, -0.15) is 0 Å². The second-order valence-corrected chi connectivity index (χ2v) is 2.32. The molecule has 1 N–H and O–H groups in total. The highest BCUT2D eigenvalue weighted by Crippen LogP contribution is 2.04. The molecule has 2 nitrogen and oxygen atoms in total. The number of pyridine rings is 1. The molecule has 0 atom stereocenters. The molecule has 2 heteroatoms. The molecule has 10 heavy (non-hydrogen) atoms. The molecule has 0 amide bonds. The fourth-order valence-electron chi connectivity index (χ4n) is 0.894. The maximum atomic E-state index is 7.35. The Kier molecular flexibility index (Phi) is 1.81. The molecule has 0 aliphatic rings. The van der Waals surface area contributed by atoms with Gasteiger partial charge in [-0.1, -0.05) is 0 Å². The maximum absolute atomic E-state index is 7.35. The molecule has 52 valence electrons. The van der Waals surface area contributed by atoms with Gasteiger partial charge >= 0.3 is 0 Å². The molecule has 0 unspecified atom stereocenters. The van der Waals surface area contributed by atoms with Crippen molar-refractivity contribution in [2.75, 3.05) is 0 Å². The standard InChI is InChI=1S/C8H10N2/c1-6-5-10-4-3-8(6)7(2)9/h3-5,9H,1-2H3. The van der Waals surface area contributed by atoms with E-state index in [2.05, 4.69) is 4.98 Å². The minimum Gasteiger partial charge on any atom is -0.305 e. The van der Waals surface area contributed by atoms with Crippen LogP contribution in [-0.2, 0) is 0 Å². The van der Waals surface area contributed by atoms with Crippen molar-refractivity contribution in [2.45, 2.75) is 13.8 Å². The monoisotopic (exact) mass is 134 g/mol. The summed E-state index contributed by atoms with van der Waals surface area (Å²) in [5.74, 6) is 0. The SMILES string of the molecule is CC(=N)c1ccncc1C. The van der Waals surface area contributed by atoms with Crippen LogP contribution in [0.5, 0.6) is 0 Å². The minimum absolute atomic E-state index is 0.597. The van der Waals surface area contributed by atoms with Gasteiger partial charge in [-0.3, -0.25) is 4.98 Å². The molecule has 0 aromatic carbocycles. The van der Waals surface area contributed by atoms with Crippen molar-refractivity contribution in [1.82, 2.24) is 4.98 Å². The maximum Gasteiger partial charge on any atom is 0.0359 e. The van der Waals surface area contributed by atoms with Crippen molar-refractivity contribution in [2.24, 2.45) is 0 Å². The van der Waals surface area contributed by atoms with Gasteiger partial charge in [0.15, 0.2) is 0 Å². The average Bonchev–Trinajstić information content (AvgIpc) is 1.88. The summed E-state index contributed by atoms with van der Waals surface area (Å²) in [6.45, 7) is 3.74. The van der Waals surface area contributed by atoms with Gasteiger partial charge in [-0.25, -0.2) is 0 Å². The van der Waals surface area contributed by atoms with Gasteiger partial charge in [-0.05, 0) is 25.5 Å². The third kappa shape index (κ3) is 1.21. The number of aromatic nitrogens is 1. The Morgan fingerprint density at radius 3 is 2.70 bits per heavy atom. The lowest BCUT2D eigenvalue weighted by molar-refractivity contribution is 1.25. The van der Waals surface area contributed by atoms with E-state index in [0.29, 0.717) is 5.71 Å². The molecule has 0 aliphatic carbocycles. The summed E-state index contributed by atoms with van der Waals surface area (Å²) in [4.78, 5) is 3.93. The molecule has 1 aromatic heterocycles. The van der Waals surface area contributed by atoms with Gasteiger partial charge in [0, 0.05) is 23.7 Å². The van der Waals surface area contributed by atoms with Crippen molar-refractivity contribution in [3.8, 4) is 0 Å². The van der Waals surface area contributed by atoms with Crippen LogP contribution in [0.4, 0.5) is 0 Å². The van der Waals surface area contributed by atoms with E-state index >= 15 is 0 Å². The summed E-state index contributed by atoms with van der Waals surface area (Å²) >= 11 is 0. The van der Waals surface area contributed by atoms with Crippen molar-refractivity contribution in [1.29, 1.82) is 5.41 Å². The minimum atomic E-state index is 0.597. The number of nitrogens with zero attached hydrogens (tertiary/aromatic N) is 1. The lowest BCUT2D eigenvalue weighted by atomic mass is 10.1. The molecule has 0 spiro atoms. The number of rotatable bonds is 1. The molecular formula is C8H10N2. The van der Waals surface area contributed by atoms with Crippen molar-refractivity contribution in [3.05, 3.63) is 29.6 Å². The van der Waals surface area contributed by atoms with Gasteiger partial charge in [0.2, 0.25) is 0 Å². The summed E-state index contributed by atoms with van der Waals surface area (Å²) in [6.07, 6.45) is 3.48. The molecule has 1 heterocycles. The van der Waals surface area contributed by atoms with E-state index in [1.54, 1.807) is 19.3 Å². The molecule has 1 aromatic rings. The van der Waals surface area contributed by atoms with Crippen LogP contribution in [0.2, 0.25) is 0 Å². The molecular weight excluding hydrogens is 124 g/mol. The van der Waals surface area contributed by atoms with E-state index in [1.807, 2.05) is 13.0 Å². The van der Waals surface area contributed by atoms with E-state index in [-0.39, 0.29) is 0 Å². The van der Waals surface area contributed by atoms with Crippen LogP contribution >= 0.6 is 0 Å². The molecule has 0 fully saturated rings. The number of nitrogens with one attached hydrogen (secondary N) is 1. The summed E-state index contributed by atoms with van der Waals surface area (Å²) in [7, 11) is 0. The third-order valence-corrected chi connectivity index (χ3v) is 1.42. The molecule has 0 aliphatic heterocycles. The average molecular weight is 134 g/mol. The summed E-state index contributed by atoms with van der Waals surface area (Å²) in [5, 5.41) is 7.35. The van der Waals surface area contributed by atoms with Crippen LogP contribution in [0.3, 0.4) is 0 Å². The van der Waals surface area contributed by atoms with Crippen LogP contribution in [0.25, 0.3) is 0 Å². The van der Waals surface area contributed by atoms with E-state index in [0.717, 1.165) is 11.1 Å². The Morgan fingerprint density at radius 2 is 2.30 bits per heavy atom. The smallest absolute Gasteiger partial charge is 0.0359 e. The molecule has 1 rings (SSSR count). The number of hydrogen-bond donors (Lipinski definition) is 1. The first-order valence-corrected chi connectivity index (χ1v) is 3.18. The lowest BCUT2D eigenvalue weighted by Crippen LogP contribution is -1.95. The normalized spacial score (nSPS) is 9.40. The number of aryl methyl sites for hydroxylation is 1. The zero-order valence-corrected chi connectivity index (χ0v) is 6.18. The van der Waals surface area contributed by atoms with E-state index in [9.17, 15) is 0 Å². The highest BCUT2D eigenvalue weighted by Gasteiger charge is 1.96. The Bertz CT molecular complexity index is 253. The highest BCUT2D eigenvalue weighted by molar-refractivity contribution is 5.97. The van der Waals surface area contributed by atoms with Crippen molar-refractivity contribution < 1.29 is 0 Å². The summed E-state index contributed by atoms with van der Waals surface area (Å²) < 4.78 is 0.